The highest BCUT2D eigenvalue weighted by Crippen LogP contribution is 2.31. The van der Waals surface area contributed by atoms with E-state index in [0.717, 1.165) is 30.3 Å². The molecule has 120 valence electrons. The van der Waals surface area contributed by atoms with Crippen molar-refractivity contribution in [2.45, 2.75) is 19.3 Å². The van der Waals surface area contributed by atoms with Crippen molar-refractivity contribution in [3.05, 3.63) is 47.2 Å². The molecule has 7 heteroatoms. The molecular weight excluding hydrogens is 300 g/mol. The minimum atomic E-state index is -1.26. The van der Waals surface area contributed by atoms with Crippen molar-refractivity contribution < 1.29 is 24.6 Å². The molecule has 0 spiro atoms. The van der Waals surface area contributed by atoms with Gasteiger partial charge in [0.15, 0.2) is 0 Å². The molecule has 3 rings (SSSR count). The molecule has 2 aromatic rings. The second-order valence-electron chi connectivity index (χ2n) is 5.06. The molecule has 23 heavy (non-hydrogen) atoms. The Labute approximate surface area is 131 Å². The van der Waals surface area contributed by atoms with E-state index >= 15 is 0 Å². The van der Waals surface area contributed by atoms with Crippen LogP contribution in [0.5, 0.6) is 0 Å². The van der Waals surface area contributed by atoms with E-state index in [-0.39, 0.29) is 5.91 Å². The molecule has 0 unspecified atom stereocenters. The Kier molecular flexibility index (Phi) is 4.80. The van der Waals surface area contributed by atoms with E-state index in [1.807, 2.05) is 18.3 Å². The average Bonchev–Trinajstić information content (AvgIpc) is 2.91. The third-order valence-electron chi connectivity index (χ3n) is 3.54. The highest BCUT2D eigenvalue weighted by atomic mass is 16.4. The van der Waals surface area contributed by atoms with Gasteiger partial charge in [-0.3, -0.25) is 4.79 Å². The van der Waals surface area contributed by atoms with Crippen molar-refractivity contribution >= 4 is 28.7 Å². The molecule has 0 saturated carbocycles. The molecule has 5 N–H and O–H groups in total. The number of nitrogens with two attached hydrogens (primary N) is 1. The molecule has 0 atom stereocenters. The largest absolute Gasteiger partial charge is 0.478 e. The summed E-state index contributed by atoms with van der Waals surface area (Å²) < 4.78 is 0. The highest BCUT2D eigenvalue weighted by Gasteiger charge is 2.18. The van der Waals surface area contributed by atoms with Gasteiger partial charge in [-0.05, 0) is 42.5 Å². The molecule has 0 aliphatic heterocycles. The molecule has 0 fully saturated rings. The Morgan fingerprint density at radius 3 is 2.30 bits per heavy atom. The lowest BCUT2D eigenvalue weighted by molar-refractivity contribution is -0.134. The number of aromatic amines is 1. The van der Waals surface area contributed by atoms with Gasteiger partial charge in [0.25, 0.3) is 0 Å². The Hall–Kier alpha value is -3.09. The summed E-state index contributed by atoms with van der Waals surface area (Å²) >= 11 is 0. The number of aliphatic carboxylic acids is 2. The predicted molar refractivity (Wildman–Crippen MR) is 83.3 cm³/mol. The number of carboxylic acid groups (broad SMARTS) is 2. The van der Waals surface area contributed by atoms with E-state index in [0.29, 0.717) is 17.7 Å². The maximum absolute atomic E-state index is 11.3. The van der Waals surface area contributed by atoms with Crippen molar-refractivity contribution in [1.82, 2.24) is 4.98 Å². The van der Waals surface area contributed by atoms with Gasteiger partial charge in [-0.15, -0.1) is 0 Å². The molecule has 1 aromatic carbocycles. The fourth-order valence-electron chi connectivity index (χ4n) is 2.66. The van der Waals surface area contributed by atoms with Gasteiger partial charge in [-0.1, -0.05) is 0 Å². The maximum Gasteiger partial charge on any atom is 0.328 e. The summed E-state index contributed by atoms with van der Waals surface area (Å²) in [6.45, 7) is 0. The molecule has 1 aliphatic carbocycles. The number of carbonyl (C=O) groups is 3. The van der Waals surface area contributed by atoms with Gasteiger partial charge in [-0.2, -0.15) is 0 Å². The van der Waals surface area contributed by atoms with Crippen molar-refractivity contribution in [2.24, 2.45) is 5.73 Å². The fourth-order valence-corrected chi connectivity index (χ4v) is 2.66. The zero-order chi connectivity index (χ0) is 17.0. The minimum Gasteiger partial charge on any atom is -0.478 e. The first-order valence-electron chi connectivity index (χ1n) is 6.95. The molecule has 7 nitrogen and oxygen atoms in total. The SMILES string of the molecule is NC(=O)c1ccc2[nH]cc3c2c1CCC3.O=C(O)/C=C\C(=O)O. The number of primary amides is 1. The Balaban J connectivity index is 0.000000207. The van der Waals surface area contributed by atoms with Crippen LogP contribution >= 0.6 is 0 Å². The van der Waals surface area contributed by atoms with Crippen molar-refractivity contribution in [1.29, 1.82) is 0 Å². The van der Waals surface area contributed by atoms with Crippen LogP contribution in [0.25, 0.3) is 10.9 Å². The summed E-state index contributed by atoms with van der Waals surface area (Å²) in [5, 5.41) is 16.8. The number of carboxylic acids is 2. The molecule has 1 aliphatic rings. The van der Waals surface area contributed by atoms with Gasteiger partial charge in [0.2, 0.25) is 5.91 Å². The van der Waals surface area contributed by atoms with E-state index in [9.17, 15) is 14.4 Å². The van der Waals surface area contributed by atoms with Crippen LogP contribution in [0.3, 0.4) is 0 Å². The van der Waals surface area contributed by atoms with Crippen molar-refractivity contribution in [3.63, 3.8) is 0 Å². The van der Waals surface area contributed by atoms with Gasteiger partial charge in [0.1, 0.15) is 0 Å². The van der Waals surface area contributed by atoms with Crippen LogP contribution in [-0.4, -0.2) is 33.0 Å². The molecular formula is C16H16N2O5. The molecule has 0 saturated heterocycles. The molecule has 1 amide bonds. The molecule has 1 heterocycles. The first-order valence-corrected chi connectivity index (χ1v) is 6.95. The standard InChI is InChI=1S/C12H12N2O.C4H4O4/c13-12(15)9-4-5-10-11-7(6-14-10)2-1-3-8(9)11;5-3(6)1-2-4(7)8/h4-6,14H,1-3H2,(H2,13,15);1-2H,(H,5,6)(H,7,8)/b;2-1-. The third kappa shape index (κ3) is 3.76. The van der Waals surface area contributed by atoms with Gasteiger partial charge >= 0.3 is 11.9 Å². The van der Waals surface area contributed by atoms with Crippen LogP contribution in [0, 0.1) is 0 Å². The Morgan fingerprint density at radius 2 is 1.74 bits per heavy atom. The zero-order valence-electron chi connectivity index (χ0n) is 12.2. The third-order valence-corrected chi connectivity index (χ3v) is 3.54. The Bertz CT molecular complexity index is 788. The summed E-state index contributed by atoms with van der Waals surface area (Å²) in [6.07, 6.45) is 6.31. The number of benzene rings is 1. The number of H-pyrrole nitrogens is 1. The van der Waals surface area contributed by atoms with Crippen LogP contribution in [0.1, 0.15) is 27.9 Å². The van der Waals surface area contributed by atoms with Crippen LogP contribution < -0.4 is 5.73 Å². The summed E-state index contributed by atoms with van der Waals surface area (Å²) in [5.41, 5.74) is 9.62. The van der Waals surface area contributed by atoms with Crippen LogP contribution in [0.4, 0.5) is 0 Å². The minimum absolute atomic E-state index is 0.319. The number of rotatable bonds is 3. The number of hydrogen-bond acceptors (Lipinski definition) is 3. The fraction of sp³-hybridized carbons (Fsp3) is 0.188. The lowest BCUT2D eigenvalue weighted by atomic mass is 9.89. The number of carbonyl (C=O) groups excluding carboxylic acids is 1. The van der Waals surface area contributed by atoms with Gasteiger partial charge in [0.05, 0.1) is 0 Å². The van der Waals surface area contributed by atoms with E-state index in [4.69, 9.17) is 15.9 Å². The molecule has 1 aromatic heterocycles. The summed E-state index contributed by atoms with van der Waals surface area (Å²) in [6, 6.07) is 3.76. The normalized spacial score (nSPS) is 12.7. The number of aromatic nitrogens is 1. The number of nitrogens with one attached hydrogen (secondary N) is 1. The van der Waals surface area contributed by atoms with E-state index < -0.39 is 11.9 Å². The zero-order valence-corrected chi connectivity index (χ0v) is 12.2. The van der Waals surface area contributed by atoms with Gasteiger partial charge in [0, 0.05) is 34.8 Å². The van der Waals surface area contributed by atoms with Crippen molar-refractivity contribution in [3.8, 4) is 0 Å². The smallest absolute Gasteiger partial charge is 0.328 e. The lowest BCUT2D eigenvalue weighted by Gasteiger charge is -2.14. The van der Waals surface area contributed by atoms with Crippen LogP contribution in [-0.2, 0) is 22.4 Å². The number of aryl methyl sites for hydroxylation is 2. The predicted octanol–water partition coefficient (Wildman–Crippen LogP) is 1.47. The monoisotopic (exact) mass is 316 g/mol. The van der Waals surface area contributed by atoms with Crippen LogP contribution in [0.15, 0.2) is 30.5 Å². The van der Waals surface area contributed by atoms with Crippen molar-refractivity contribution in [2.75, 3.05) is 0 Å². The first kappa shape index (κ1) is 16.3. The second kappa shape index (κ2) is 6.78. The number of amides is 1. The Morgan fingerprint density at radius 1 is 1.09 bits per heavy atom. The lowest BCUT2D eigenvalue weighted by Crippen LogP contribution is -2.15. The maximum atomic E-state index is 11.3. The summed E-state index contributed by atoms with van der Waals surface area (Å²) in [5.74, 6) is -2.83. The highest BCUT2D eigenvalue weighted by molar-refractivity contribution is 6.01. The first-order chi connectivity index (χ1) is 10.9. The van der Waals surface area contributed by atoms with E-state index in [1.54, 1.807) is 0 Å². The van der Waals surface area contributed by atoms with E-state index in [1.165, 1.54) is 10.9 Å². The second-order valence-corrected chi connectivity index (χ2v) is 5.06. The molecule has 0 bridgehead atoms. The summed E-state index contributed by atoms with van der Waals surface area (Å²) in [4.78, 5) is 33.6. The van der Waals surface area contributed by atoms with Gasteiger partial charge in [-0.25, -0.2) is 9.59 Å². The quantitative estimate of drug-likeness (QED) is 0.636. The van der Waals surface area contributed by atoms with Gasteiger partial charge < -0.3 is 20.9 Å². The van der Waals surface area contributed by atoms with Crippen LogP contribution in [0.2, 0.25) is 0 Å². The number of hydrogen-bond donors (Lipinski definition) is 4. The topological polar surface area (TPSA) is 133 Å². The average molecular weight is 316 g/mol. The van der Waals surface area contributed by atoms with E-state index in [2.05, 4.69) is 4.98 Å². The molecule has 0 radical (unpaired) electrons. The summed E-state index contributed by atoms with van der Waals surface area (Å²) in [7, 11) is 0.